The molecule has 0 bridgehead atoms. The van der Waals surface area contributed by atoms with Gasteiger partial charge in [0.15, 0.2) is 0 Å². The molecule has 1 fully saturated rings. The van der Waals surface area contributed by atoms with E-state index >= 15 is 0 Å². The van der Waals surface area contributed by atoms with Gasteiger partial charge in [0.1, 0.15) is 23.0 Å². The first-order valence-electron chi connectivity index (χ1n) is 13.9. The Morgan fingerprint density at radius 2 is 1.15 bits per heavy atom. The van der Waals surface area contributed by atoms with Crippen LogP contribution in [0.2, 0.25) is 0 Å². The minimum absolute atomic E-state index is 0.0757. The van der Waals surface area contributed by atoms with Gasteiger partial charge in [-0.3, -0.25) is 0 Å². The zero-order valence-electron chi connectivity index (χ0n) is 23.4. The second kappa shape index (κ2) is 11.9. The smallest absolute Gasteiger partial charge is 0.328 e. The third-order valence-corrected chi connectivity index (χ3v) is 7.99. The van der Waals surface area contributed by atoms with Crippen molar-refractivity contribution in [2.45, 2.75) is 57.8 Å². The van der Waals surface area contributed by atoms with Crippen LogP contribution in [0.4, 0.5) is 0 Å². The highest BCUT2D eigenvalue weighted by Gasteiger charge is 2.38. The first-order valence-corrected chi connectivity index (χ1v) is 13.9. The standard InChI is InChI=1S/C35H34O6/c1-23-19-27(9-15-31(23)40-29-11-5-25(6-12-29)21-33(36)37)35(17-3-4-18-35)28-10-16-32(24(2)20-28)41-30-13-7-26(8-14-30)22-34(38)39/h5,7,9-16,19-22H,3-4,6,8,17-18H2,1-2H3,(H,36,37)(H,38,39). The molecule has 1 saturated carbocycles. The van der Waals surface area contributed by atoms with Crippen LogP contribution in [0.1, 0.15) is 60.8 Å². The second-order valence-corrected chi connectivity index (χ2v) is 10.9. The summed E-state index contributed by atoms with van der Waals surface area (Å²) in [4.78, 5) is 21.8. The average molecular weight is 551 g/mol. The number of hydrogen-bond donors (Lipinski definition) is 2. The molecule has 6 heteroatoms. The highest BCUT2D eigenvalue weighted by molar-refractivity contribution is 5.82. The summed E-state index contributed by atoms with van der Waals surface area (Å²) in [5.74, 6) is 1.11. The summed E-state index contributed by atoms with van der Waals surface area (Å²) in [6.07, 6.45) is 18.9. The Morgan fingerprint density at radius 3 is 1.49 bits per heavy atom. The monoisotopic (exact) mass is 550 g/mol. The fourth-order valence-electron chi connectivity index (χ4n) is 5.87. The third kappa shape index (κ3) is 6.43. The lowest BCUT2D eigenvalue weighted by Crippen LogP contribution is -2.24. The van der Waals surface area contributed by atoms with Gasteiger partial charge in [-0.05, 0) is 109 Å². The van der Waals surface area contributed by atoms with Gasteiger partial charge < -0.3 is 19.7 Å². The first kappa shape index (κ1) is 28.0. The quantitative estimate of drug-likeness (QED) is 0.328. The summed E-state index contributed by atoms with van der Waals surface area (Å²) < 4.78 is 12.3. The molecule has 3 aliphatic carbocycles. The molecule has 2 N–H and O–H groups in total. The van der Waals surface area contributed by atoms with Crippen molar-refractivity contribution in [3.8, 4) is 11.5 Å². The van der Waals surface area contributed by atoms with Gasteiger partial charge in [0.2, 0.25) is 0 Å². The lowest BCUT2D eigenvalue weighted by atomic mass is 9.72. The minimum Gasteiger partial charge on any atom is -0.478 e. The molecular weight excluding hydrogens is 516 g/mol. The van der Waals surface area contributed by atoms with Gasteiger partial charge >= 0.3 is 11.9 Å². The van der Waals surface area contributed by atoms with E-state index in [-0.39, 0.29) is 5.41 Å². The SMILES string of the molecule is Cc1cc(C2(c3ccc(OC4=CCC(=CC(=O)O)C=C4)c(C)c3)CCCC2)ccc1OC1=CCC(=CC(=O)O)C=C1. The van der Waals surface area contributed by atoms with E-state index in [1.54, 1.807) is 24.3 Å². The lowest BCUT2D eigenvalue weighted by Gasteiger charge is -2.32. The number of aliphatic carboxylic acids is 2. The van der Waals surface area contributed by atoms with Crippen LogP contribution in [-0.2, 0) is 15.0 Å². The Kier molecular flexibility index (Phi) is 8.11. The summed E-state index contributed by atoms with van der Waals surface area (Å²) in [7, 11) is 0. The average Bonchev–Trinajstić information content (AvgIpc) is 3.44. The number of hydrogen-bond acceptors (Lipinski definition) is 4. The number of rotatable bonds is 8. The van der Waals surface area contributed by atoms with Gasteiger partial charge in [-0.2, -0.15) is 0 Å². The summed E-state index contributed by atoms with van der Waals surface area (Å²) in [5, 5.41) is 17.9. The molecule has 0 unspecified atom stereocenters. The van der Waals surface area contributed by atoms with Gasteiger partial charge in [-0.1, -0.05) is 49.3 Å². The molecule has 210 valence electrons. The number of aryl methyl sites for hydroxylation is 2. The molecule has 3 aliphatic rings. The maximum absolute atomic E-state index is 10.9. The number of benzene rings is 2. The van der Waals surface area contributed by atoms with Crippen LogP contribution in [0.3, 0.4) is 0 Å². The van der Waals surface area contributed by atoms with Crippen LogP contribution in [0.5, 0.6) is 11.5 Å². The number of carbonyl (C=O) groups is 2. The van der Waals surface area contributed by atoms with Crippen molar-refractivity contribution < 1.29 is 29.3 Å². The van der Waals surface area contributed by atoms with E-state index in [2.05, 4.69) is 38.1 Å². The Labute approximate surface area is 240 Å². The predicted octanol–water partition coefficient (Wildman–Crippen LogP) is 7.63. The molecule has 6 nitrogen and oxygen atoms in total. The van der Waals surface area contributed by atoms with E-state index in [0.29, 0.717) is 24.4 Å². The zero-order valence-corrected chi connectivity index (χ0v) is 23.4. The maximum atomic E-state index is 10.9. The van der Waals surface area contributed by atoms with Crippen LogP contribution >= 0.6 is 0 Å². The second-order valence-electron chi connectivity index (χ2n) is 10.9. The van der Waals surface area contributed by atoms with Crippen molar-refractivity contribution in [1.82, 2.24) is 0 Å². The van der Waals surface area contributed by atoms with Crippen LogP contribution in [0.25, 0.3) is 0 Å². The fourth-order valence-corrected chi connectivity index (χ4v) is 5.87. The van der Waals surface area contributed by atoms with Crippen LogP contribution in [-0.4, -0.2) is 22.2 Å². The first-order chi connectivity index (χ1) is 19.7. The fraction of sp³-hybridized carbons (Fsp3) is 0.257. The van der Waals surface area contributed by atoms with Crippen molar-refractivity contribution in [3.63, 3.8) is 0 Å². The topological polar surface area (TPSA) is 93.1 Å². The van der Waals surface area contributed by atoms with E-state index in [0.717, 1.165) is 46.6 Å². The highest BCUT2D eigenvalue weighted by atomic mass is 16.5. The molecule has 0 amide bonds. The summed E-state index contributed by atoms with van der Waals surface area (Å²) in [6.45, 7) is 4.13. The minimum atomic E-state index is -0.948. The molecule has 41 heavy (non-hydrogen) atoms. The van der Waals surface area contributed by atoms with Crippen molar-refractivity contribution in [2.75, 3.05) is 0 Å². The normalized spacial score (nSPS) is 19.7. The zero-order chi connectivity index (χ0) is 29.0. The number of carboxylic acids is 2. The van der Waals surface area contributed by atoms with E-state index in [1.165, 1.54) is 36.1 Å². The number of carboxylic acid groups (broad SMARTS) is 2. The van der Waals surface area contributed by atoms with Crippen LogP contribution in [0.15, 0.2) is 108 Å². The molecule has 0 saturated heterocycles. The van der Waals surface area contributed by atoms with Crippen molar-refractivity contribution in [2.24, 2.45) is 0 Å². The van der Waals surface area contributed by atoms with Crippen molar-refractivity contribution in [1.29, 1.82) is 0 Å². The number of allylic oxidation sites excluding steroid dienone is 8. The van der Waals surface area contributed by atoms with E-state index < -0.39 is 11.9 Å². The van der Waals surface area contributed by atoms with Gasteiger partial charge in [-0.15, -0.1) is 0 Å². The van der Waals surface area contributed by atoms with Crippen LogP contribution < -0.4 is 9.47 Å². The molecule has 0 aromatic heterocycles. The molecule has 0 radical (unpaired) electrons. The summed E-state index contributed by atoms with van der Waals surface area (Å²) in [6, 6.07) is 12.9. The lowest BCUT2D eigenvalue weighted by molar-refractivity contribution is -0.132. The maximum Gasteiger partial charge on any atom is 0.328 e. The number of ether oxygens (including phenoxy) is 2. The molecule has 0 heterocycles. The molecular formula is C35H34O6. The van der Waals surface area contributed by atoms with E-state index in [4.69, 9.17) is 19.7 Å². The third-order valence-electron chi connectivity index (χ3n) is 7.99. The largest absolute Gasteiger partial charge is 0.478 e. The predicted molar refractivity (Wildman–Crippen MR) is 158 cm³/mol. The van der Waals surface area contributed by atoms with Gasteiger partial charge in [0.05, 0.1) is 0 Å². The molecule has 0 aliphatic heterocycles. The highest BCUT2D eigenvalue weighted by Crippen LogP contribution is 2.48. The van der Waals surface area contributed by atoms with Gasteiger partial charge in [0, 0.05) is 17.6 Å². The van der Waals surface area contributed by atoms with Crippen LogP contribution in [0, 0.1) is 13.8 Å². The van der Waals surface area contributed by atoms with E-state index in [9.17, 15) is 9.59 Å². The summed E-state index contributed by atoms with van der Waals surface area (Å²) in [5.41, 5.74) is 6.07. The molecule has 5 rings (SSSR count). The van der Waals surface area contributed by atoms with E-state index in [1.807, 2.05) is 24.3 Å². The summed E-state index contributed by atoms with van der Waals surface area (Å²) >= 11 is 0. The molecule has 0 spiro atoms. The van der Waals surface area contributed by atoms with Crippen molar-refractivity contribution in [3.05, 3.63) is 130 Å². The Hall–Kier alpha value is -4.58. The van der Waals surface area contributed by atoms with Gasteiger partial charge in [-0.25, -0.2) is 9.59 Å². The van der Waals surface area contributed by atoms with Gasteiger partial charge in [0.25, 0.3) is 0 Å². The Bertz CT molecular complexity index is 1450. The Balaban J connectivity index is 1.33. The molecule has 2 aromatic rings. The molecule has 0 atom stereocenters. The Morgan fingerprint density at radius 1 is 0.707 bits per heavy atom. The molecule has 2 aromatic carbocycles. The van der Waals surface area contributed by atoms with Crippen molar-refractivity contribution >= 4 is 11.9 Å².